The monoisotopic (exact) mass is 329 g/mol. The van der Waals surface area contributed by atoms with Crippen LogP contribution in [0, 0.1) is 11.3 Å². The van der Waals surface area contributed by atoms with E-state index in [0.717, 1.165) is 0 Å². The van der Waals surface area contributed by atoms with Crippen LogP contribution in [0.2, 0.25) is 0 Å². The Kier molecular flexibility index (Phi) is 5.58. The highest BCUT2D eigenvalue weighted by Crippen LogP contribution is 2.15. The van der Waals surface area contributed by atoms with Gasteiger partial charge in [-0.25, -0.2) is 9.59 Å². The molecule has 1 atom stereocenters. The Hall–Kier alpha value is -3.27. The number of methoxy groups -OCH3 is 1. The highest BCUT2D eigenvalue weighted by atomic mass is 16.6. The summed E-state index contributed by atoms with van der Waals surface area (Å²) in [5.41, 5.74) is 0.497. The SMILES string of the molecule is COC(=O)c1ccc(COC(=O)[C@H](C)Oc2ccc(C#N)cc2)o1. The van der Waals surface area contributed by atoms with Gasteiger partial charge in [-0.3, -0.25) is 0 Å². The number of esters is 2. The third-order valence-electron chi connectivity index (χ3n) is 3.03. The molecule has 24 heavy (non-hydrogen) atoms. The highest BCUT2D eigenvalue weighted by molar-refractivity contribution is 5.86. The van der Waals surface area contributed by atoms with E-state index in [-0.39, 0.29) is 12.4 Å². The number of carbonyl (C=O) groups is 2. The molecule has 124 valence electrons. The summed E-state index contributed by atoms with van der Waals surface area (Å²) >= 11 is 0. The number of ether oxygens (including phenoxy) is 3. The molecule has 7 nitrogen and oxygen atoms in total. The van der Waals surface area contributed by atoms with E-state index >= 15 is 0 Å². The summed E-state index contributed by atoms with van der Waals surface area (Å²) in [7, 11) is 1.24. The third-order valence-corrected chi connectivity index (χ3v) is 3.03. The lowest BCUT2D eigenvalue weighted by Crippen LogP contribution is -2.25. The Balaban J connectivity index is 1.86. The average molecular weight is 329 g/mol. The molecule has 2 aromatic rings. The highest BCUT2D eigenvalue weighted by Gasteiger charge is 2.18. The van der Waals surface area contributed by atoms with Gasteiger partial charge in [0.05, 0.1) is 18.7 Å². The zero-order chi connectivity index (χ0) is 17.5. The van der Waals surface area contributed by atoms with E-state index in [1.54, 1.807) is 31.2 Å². The molecule has 7 heteroatoms. The van der Waals surface area contributed by atoms with Crippen LogP contribution in [0.3, 0.4) is 0 Å². The standard InChI is InChI=1S/C17H15NO6/c1-11(23-13-5-3-12(9-18)4-6-13)16(19)22-10-14-7-8-15(24-14)17(20)21-2/h3-8,11H,10H2,1-2H3/t11-/m0/s1. The zero-order valence-corrected chi connectivity index (χ0v) is 13.1. The van der Waals surface area contributed by atoms with Crippen molar-refractivity contribution in [1.29, 1.82) is 5.26 Å². The lowest BCUT2D eigenvalue weighted by atomic mass is 10.2. The van der Waals surface area contributed by atoms with Gasteiger partial charge in [0.25, 0.3) is 0 Å². The van der Waals surface area contributed by atoms with Crippen molar-refractivity contribution in [3.63, 3.8) is 0 Å². The number of nitriles is 1. The third kappa shape index (κ3) is 4.36. The minimum atomic E-state index is -0.840. The summed E-state index contributed by atoms with van der Waals surface area (Å²) < 4.78 is 20.2. The molecule has 0 saturated heterocycles. The molecule has 1 aromatic carbocycles. The van der Waals surface area contributed by atoms with Crippen molar-refractivity contribution in [3.05, 3.63) is 53.5 Å². The Morgan fingerprint density at radius 1 is 1.21 bits per heavy atom. The lowest BCUT2D eigenvalue weighted by molar-refractivity contribution is -0.153. The first kappa shape index (κ1) is 17.1. The van der Waals surface area contributed by atoms with Crippen LogP contribution in [-0.2, 0) is 20.9 Å². The minimum absolute atomic E-state index is 0.0328. The van der Waals surface area contributed by atoms with Gasteiger partial charge in [-0.1, -0.05) is 0 Å². The van der Waals surface area contributed by atoms with Gasteiger partial charge >= 0.3 is 11.9 Å². The van der Waals surface area contributed by atoms with Gasteiger partial charge in [0.15, 0.2) is 6.10 Å². The van der Waals surface area contributed by atoms with Crippen molar-refractivity contribution in [2.45, 2.75) is 19.6 Å². The van der Waals surface area contributed by atoms with Crippen LogP contribution >= 0.6 is 0 Å². The molecule has 1 aromatic heterocycles. The Bertz CT molecular complexity index is 756. The predicted molar refractivity (Wildman–Crippen MR) is 81.1 cm³/mol. The van der Waals surface area contributed by atoms with Crippen LogP contribution in [0.1, 0.15) is 28.8 Å². The van der Waals surface area contributed by atoms with Crippen molar-refractivity contribution < 1.29 is 28.2 Å². The maximum atomic E-state index is 11.9. The van der Waals surface area contributed by atoms with E-state index < -0.39 is 18.0 Å². The molecule has 0 bridgehead atoms. The number of rotatable bonds is 6. The second-order valence-corrected chi connectivity index (χ2v) is 4.76. The summed E-state index contributed by atoms with van der Waals surface area (Å²) in [6, 6.07) is 11.3. The molecule has 0 aliphatic carbocycles. The molecule has 0 spiro atoms. The number of furan rings is 1. The molecule has 2 rings (SSSR count). The molecule has 0 aliphatic heterocycles. The fourth-order valence-electron chi connectivity index (χ4n) is 1.79. The van der Waals surface area contributed by atoms with Gasteiger partial charge in [-0.05, 0) is 43.3 Å². The second kappa shape index (κ2) is 7.83. The zero-order valence-electron chi connectivity index (χ0n) is 13.1. The minimum Gasteiger partial charge on any atom is -0.479 e. The fourth-order valence-corrected chi connectivity index (χ4v) is 1.79. The van der Waals surface area contributed by atoms with Crippen LogP contribution in [-0.4, -0.2) is 25.2 Å². The maximum Gasteiger partial charge on any atom is 0.373 e. The number of benzene rings is 1. The number of nitrogens with zero attached hydrogens (tertiary/aromatic N) is 1. The van der Waals surface area contributed by atoms with Gasteiger partial charge in [0.1, 0.15) is 18.1 Å². The molecule has 0 fully saturated rings. The van der Waals surface area contributed by atoms with Gasteiger partial charge in [-0.15, -0.1) is 0 Å². The van der Waals surface area contributed by atoms with Gasteiger partial charge < -0.3 is 18.6 Å². The van der Waals surface area contributed by atoms with Gasteiger partial charge in [0, 0.05) is 0 Å². The summed E-state index contributed by atoms with van der Waals surface area (Å²) in [4.78, 5) is 23.2. The average Bonchev–Trinajstić information content (AvgIpc) is 3.08. The van der Waals surface area contributed by atoms with Crippen molar-refractivity contribution >= 4 is 11.9 Å². The summed E-state index contributed by atoms with van der Waals surface area (Å²) in [5.74, 6) is -0.398. The van der Waals surface area contributed by atoms with Gasteiger partial charge in [-0.2, -0.15) is 5.26 Å². The van der Waals surface area contributed by atoms with E-state index in [9.17, 15) is 9.59 Å². The molecule has 0 aliphatic rings. The smallest absolute Gasteiger partial charge is 0.373 e. The van der Waals surface area contributed by atoms with Crippen molar-refractivity contribution in [1.82, 2.24) is 0 Å². The van der Waals surface area contributed by atoms with Crippen molar-refractivity contribution in [2.24, 2.45) is 0 Å². The summed E-state index contributed by atoms with van der Waals surface area (Å²) in [6.07, 6.45) is -0.840. The first-order valence-corrected chi connectivity index (χ1v) is 7.04. The molecule has 0 saturated carbocycles. The fraction of sp³-hybridized carbons (Fsp3) is 0.235. The van der Waals surface area contributed by atoms with E-state index in [0.29, 0.717) is 17.1 Å². The van der Waals surface area contributed by atoms with Gasteiger partial charge in [0.2, 0.25) is 5.76 Å². The number of hydrogen-bond acceptors (Lipinski definition) is 7. The molecule has 0 radical (unpaired) electrons. The second-order valence-electron chi connectivity index (χ2n) is 4.76. The number of carbonyl (C=O) groups excluding carboxylic acids is 2. The van der Waals surface area contributed by atoms with E-state index in [1.165, 1.54) is 19.2 Å². The Morgan fingerprint density at radius 3 is 2.54 bits per heavy atom. The summed E-state index contributed by atoms with van der Waals surface area (Å²) in [6.45, 7) is 1.42. The molecule has 0 unspecified atom stereocenters. The molecular formula is C17H15NO6. The van der Waals surface area contributed by atoms with Crippen LogP contribution in [0.4, 0.5) is 0 Å². The predicted octanol–water partition coefficient (Wildman–Crippen LogP) is 2.45. The maximum absolute atomic E-state index is 11.9. The molecule has 1 heterocycles. The Labute approximate surface area is 138 Å². The van der Waals surface area contributed by atoms with Crippen LogP contribution in [0.5, 0.6) is 5.75 Å². The van der Waals surface area contributed by atoms with E-state index in [2.05, 4.69) is 4.74 Å². The largest absolute Gasteiger partial charge is 0.479 e. The van der Waals surface area contributed by atoms with Crippen molar-refractivity contribution in [3.8, 4) is 11.8 Å². The Morgan fingerprint density at radius 2 is 1.92 bits per heavy atom. The molecular weight excluding hydrogens is 314 g/mol. The van der Waals surface area contributed by atoms with E-state index in [4.69, 9.17) is 19.2 Å². The molecule has 0 amide bonds. The van der Waals surface area contributed by atoms with E-state index in [1.807, 2.05) is 6.07 Å². The summed E-state index contributed by atoms with van der Waals surface area (Å²) in [5, 5.41) is 8.73. The van der Waals surface area contributed by atoms with Crippen LogP contribution in [0.25, 0.3) is 0 Å². The quantitative estimate of drug-likeness (QED) is 0.750. The van der Waals surface area contributed by atoms with Crippen LogP contribution < -0.4 is 4.74 Å². The lowest BCUT2D eigenvalue weighted by Gasteiger charge is -2.13. The number of hydrogen-bond donors (Lipinski definition) is 0. The normalized spacial score (nSPS) is 11.2. The van der Waals surface area contributed by atoms with Crippen LogP contribution in [0.15, 0.2) is 40.8 Å². The topological polar surface area (TPSA) is 98.8 Å². The first-order chi connectivity index (χ1) is 11.5. The van der Waals surface area contributed by atoms with Crippen molar-refractivity contribution in [2.75, 3.05) is 7.11 Å². The first-order valence-electron chi connectivity index (χ1n) is 7.04. The molecule has 0 N–H and O–H groups in total.